The number of benzene rings is 1. The Morgan fingerprint density at radius 2 is 1.25 bits per heavy atom. The van der Waals surface area contributed by atoms with Crippen molar-refractivity contribution in [1.82, 2.24) is 0 Å². The summed E-state index contributed by atoms with van der Waals surface area (Å²) >= 11 is 0. The highest BCUT2D eigenvalue weighted by Crippen LogP contribution is 2.22. The molecule has 0 unspecified atom stereocenters. The molecule has 0 saturated carbocycles. The van der Waals surface area contributed by atoms with E-state index in [9.17, 15) is 19.8 Å². The van der Waals surface area contributed by atoms with Crippen LogP contribution < -0.4 is 0 Å². The smallest absolute Gasteiger partial charge is 0.336 e. The van der Waals surface area contributed by atoms with E-state index in [4.69, 9.17) is 29.2 Å². The molecule has 0 heterocycles. The van der Waals surface area contributed by atoms with Crippen molar-refractivity contribution < 1.29 is 58.4 Å². The van der Waals surface area contributed by atoms with Gasteiger partial charge in [-0.25, -0.2) is 9.59 Å². The molecule has 0 aliphatic rings. The number of rotatable bonds is 16. The number of hydrogen-bond acceptors (Lipinski definition) is 10. The van der Waals surface area contributed by atoms with Gasteiger partial charge in [0.25, 0.3) is 0 Å². The maximum absolute atomic E-state index is 11.7. The monoisotopic (exact) mass is 406 g/mol. The van der Waals surface area contributed by atoms with Crippen LogP contribution in [0.1, 0.15) is 31.8 Å². The Morgan fingerprint density at radius 3 is 1.75 bits per heavy atom. The van der Waals surface area contributed by atoms with Crippen molar-refractivity contribution in [2.24, 2.45) is 0 Å². The fourth-order valence-corrected chi connectivity index (χ4v) is 2.11. The topological polar surface area (TPSA) is 170 Å². The average Bonchev–Trinajstić information content (AvgIpc) is 2.66. The molecule has 0 atom stereocenters. The molecule has 12 heteroatoms. The van der Waals surface area contributed by atoms with Crippen molar-refractivity contribution in [3.63, 3.8) is 0 Å². The number of carbonyl (C=O) groups is 2. The van der Waals surface area contributed by atoms with Crippen LogP contribution in [0, 0.1) is 0 Å². The largest absolute Gasteiger partial charge is 0.478 e. The molecule has 4 N–H and O–H groups in total. The molecule has 0 amide bonds. The zero-order chi connectivity index (χ0) is 20.8. The highest BCUT2D eigenvalue weighted by molar-refractivity contribution is 5.97. The molecule has 1 aromatic rings. The highest BCUT2D eigenvalue weighted by atomic mass is 16.8. The van der Waals surface area contributed by atoms with Crippen molar-refractivity contribution in [1.29, 1.82) is 0 Å². The van der Waals surface area contributed by atoms with E-state index in [1.807, 2.05) is 0 Å². The van der Waals surface area contributed by atoms with Crippen molar-refractivity contribution in [3.05, 3.63) is 34.4 Å². The minimum absolute atomic E-state index is 0.0580. The van der Waals surface area contributed by atoms with Crippen LogP contribution in [0.4, 0.5) is 0 Å². The normalized spacial score (nSPS) is 10.9. The van der Waals surface area contributed by atoms with E-state index in [0.29, 0.717) is 0 Å². The molecule has 12 nitrogen and oxygen atoms in total. The molecule has 0 aromatic heterocycles. The molecule has 0 aliphatic carbocycles. The zero-order valence-electron chi connectivity index (χ0n) is 14.9. The lowest BCUT2D eigenvalue weighted by molar-refractivity contribution is -0.160. The molecule has 1 aromatic carbocycles. The molecule has 28 heavy (non-hydrogen) atoms. The Hall–Kier alpha value is -2.16. The third kappa shape index (κ3) is 8.24. The Kier molecular flexibility index (Phi) is 11.9. The van der Waals surface area contributed by atoms with Gasteiger partial charge >= 0.3 is 11.9 Å². The summed E-state index contributed by atoms with van der Waals surface area (Å²) in [6.45, 7) is -2.57. The van der Waals surface area contributed by atoms with Gasteiger partial charge in [-0.1, -0.05) is 6.07 Å². The van der Waals surface area contributed by atoms with Crippen LogP contribution in [-0.4, -0.2) is 73.1 Å². The summed E-state index contributed by atoms with van der Waals surface area (Å²) < 4.78 is 29.1. The van der Waals surface area contributed by atoms with E-state index in [0.717, 1.165) is 0 Å². The van der Waals surface area contributed by atoms with Gasteiger partial charge < -0.3 is 48.8 Å². The van der Waals surface area contributed by atoms with Gasteiger partial charge in [-0.15, -0.1) is 0 Å². The minimum Gasteiger partial charge on any atom is -0.478 e. The van der Waals surface area contributed by atoms with E-state index in [1.54, 1.807) is 0 Å². The van der Waals surface area contributed by atoms with Gasteiger partial charge in [0.1, 0.15) is 27.2 Å². The lowest BCUT2D eigenvalue weighted by atomic mass is 9.96. The van der Waals surface area contributed by atoms with Crippen LogP contribution in [0.3, 0.4) is 0 Å². The lowest BCUT2D eigenvalue weighted by Crippen LogP contribution is -2.16. The number of carboxylic acid groups (broad SMARTS) is 2. The molecule has 0 radical (unpaired) electrons. The summed E-state index contributed by atoms with van der Waals surface area (Å²) in [6, 6.07) is 2.57. The van der Waals surface area contributed by atoms with Gasteiger partial charge in [-0.3, -0.25) is 0 Å². The van der Waals surface area contributed by atoms with Crippen LogP contribution in [0.15, 0.2) is 12.1 Å². The van der Waals surface area contributed by atoms with Crippen molar-refractivity contribution >= 4 is 11.9 Å². The average molecular weight is 406 g/mol. The first-order valence-corrected chi connectivity index (χ1v) is 7.82. The van der Waals surface area contributed by atoms with E-state index in [-0.39, 0.29) is 62.6 Å². The molecular formula is C16H22O12. The predicted octanol–water partition coefficient (Wildman–Crippen LogP) is -0.0878. The first kappa shape index (κ1) is 23.9. The Balaban J connectivity index is 2.84. The molecule has 1 rings (SSSR count). The lowest BCUT2D eigenvalue weighted by Gasteiger charge is -2.15. The second kappa shape index (κ2) is 13.9. The first-order valence-electron chi connectivity index (χ1n) is 7.82. The molecule has 158 valence electrons. The summed E-state index contributed by atoms with van der Waals surface area (Å²) in [5, 5.41) is 35.7. The highest BCUT2D eigenvalue weighted by Gasteiger charge is 2.22. The number of ether oxygens (including phenoxy) is 6. The molecule has 0 fully saturated rings. The number of hydrogen-bond donors (Lipinski definition) is 4. The third-order valence-electron chi connectivity index (χ3n) is 3.20. The van der Waals surface area contributed by atoms with Gasteiger partial charge in [0.05, 0.1) is 24.3 Å². The zero-order valence-corrected chi connectivity index (χ0v) is 14.9. The maximum Gasteiger partial charge on any atom is 0.336 e. The van der Waals surface area contributed by atoms with Crippen molar-refractivity contribution in [2.45, 2.75) is 13.2 Å². The van der Waals surface area contributed by atoms with E-state index >= 15 is 0 Å². The van der Waals surface area contributed by atoms with Crippen molar-refractivity contribution in [2.75, 3.05) is 40.8 Å². The quantitative estimate of drug-likeness (QED) is 0.213. The van der Waals surface area contributed by atoms with Gasteiger partial charge in [0.15, 0.2) is 13.6 Å². The minimum atomic E-state index is -1.35. The molecule has 0 aliphatic heterocycles. The maximum atomic E-state index is 11.7. The van der Waals surface area contributed by atoms with Crippen LogP contribution >= 0.6 is 0 Å². The van der Waals surface area contributed by atoms with Gasteiger partial charge in [0, 0.05) is 5.56 Å². The summed E-state index contributed by atoms with van der Waals surface area (Å²) in [5.41, 5.74) is -0.344. The fourth-order valence-electron chi connectivity index (χ4n) is 2.11. The number of aliphatic hydroxyl groups is 2. The number of aromatic carboxylic acids is 2. The fraction of sp³-hybridized carbons (Fsp3) is 0.500. The van der Waals surface area contributed by atoms with Crippen LogP contribution in [-0.2, 0) is 41.6 Å². The van der Waals surface area contributed by atoms with Crippen LogP contribution in [0.2, 0.25) is 0 Å². The summed E-state index contributed by atoms with van der Waals surface area (Å²) in [5.74, 6) is -2.67. The number of aliphatic hydroxyl groups excluding tert-OH is 2. The van der Waals surface area contributed by atoms with Crippen molar-refractivity contribution in [3.8, 4) is 0 Å². The Morgan fingerprint density at radius 1 is 0.714 bits per heavy atom. The standard InChI is InChI=1S/C16H22O12/c17-5-25-9-27-7-23-3-11-1-2-12(15(19)20)13(14(11)16(21)22)4-24-8-28-10-26-6-18/h1-2,17-18H,3-10H2,(H,19,20)(H,21,22). The molecule has 0 spiro atoms. The van der Waals surface area contributed by atoms with Gasteiger partial charge in [0.2, 0.25) is 0 Å². The van der Waals surface area contributed by atoms with E-state index in [1.165, 1.54) is 12.1 Å². The molecule has 0 saturated heterocycles. The Labute approximate surface area is 159 Å². The van der Waals surface area contributed by atoms with Gasteiger partial charge in [-0.2, -0.15) is 0 Å². The Bertz CT molecular complexity index is 618. The second-order valence-electron chi connectivity index (χ2n) is 4.98. The SMILES string of the molecule is O=C(O)c1ccc(COCOCOCO)c(C(=O)O)c1COCOCOCO. The third-order valence-corrected chi connectivity index (χ3v) is 3.20. The van der Waals surface area contributed by atoms with Crippen LogP contribution in [0.5, 0.6) is 0 Å². The summed E-state index contributed by atoms with van der Waals surface area (Å²) in [4.78, 5) is 23.1. The van der Waals surface area contributed by atoms with Gasteiger partial charge in [-0.05, 0) is 11.6 Å². The van der Waals surface area contributed by atoms with E-state index < -0.39 is 25.5 Å². The van der Waals surface area contributed by atoms with Crippen LogP contribution in [0.25, 0.3) is 0 Å². The first-order chi connectivity index (χ1) is 13.5. The predicted molar refractivity (Wildman–Crippen MR) is 87.9 cm³/mol. The number of carboxylic acids is 2. The molecular weight excluding hydrogens is 384 g/mol. The van der Waals surface area contributed by atoms with E-state index in [2.05, 4.69) is 9.47 Å². The second-order valence-corrected chi connectivity index (χ2v) is 4.98. The molecule has 0 bridgehead atoms. The summed E-state index contributed by atoms with van der Waals surface area (Å²) in [7, 11) is 0. The summed E-state index contributed by atoms with van der Waals surface area (Å²) in [6.07, 6.45) is 0.